The van der Waals surface area contributed by atoms with Crippen LogP contribution in [0.3, 0.4) is 0 Å². The van der Waals surface area contributed by atoms with Crippen molar-refractivity contribution in [2.24, 2.45) is 0 Å². The maximum absolute atomic E-state index is 13.4. The molecule has 3 nitrogen and oxygen atoms in total. The van der Waals surface area contributed by atoms with Crippen molar-refractivity contribution in [2.75, 3.05) is 6.54 Å². The zero-order valence-electron chi connectivity index (χ0n) is 13.3. The summed E-state index contributed by atoms with van der Waals surface area (Å²) in [5.41, 5.74) is 1.29. The lowest BCUT2D eigenvalue weighted by Crippen LogP contribution is -2.26. The van der Waals surface area contributed by atoms with Crippen LogP contribution in [0.1, 0.15) is 38.5 Å². The number of aryl methyl sites for hydroxylation is 2. The normalized spacial score (nSPS) is 10.6. The van der Waals surface area contributed by atoms with Crippen molar-refractivity contribution in [3.05, 3.63) is 57.0 Å². The molecule has 2 rings (SSSR count). The summed E-state index contributed by atoms with van der Waals surface area (Å²) >= 11 is 1.59. The maximum atomic E-state index is 13.4. The lowest BCUT2D eigenvalue weighted by Gasteiger charge is -2.06. The van der Waals surface area contributed by atoms with Gasteiger partial charge in [-0.05, 0) is 38.0 Å². The monoisotopic (exact) mass is 333 g/mol. The molecule has 1 heterocycles. The second-order valence-corrected chi connectivity index (χ2v) is 6.90. The largest absolute Gasteiger partial charge is 0.356 e. The summed E-state index contributed by atoms with van der Waals surface area (Å²) < 4.78 is 13.4. The van der Waals surface area contributed by atoms with E-state index in [0.717, 1.165) is 9.75 Å². The first kappa shape index (κ1) is 17.3. The molecule has 0 atom stereocenters. The topological polar surface area (TPSA) is 46.2 Å². The fourth-order valence-electron chi connectivity index (χ4n) is 2.40. The Hall–Kier alpha value is -2.01. The first-order chi connectivity index (χ1) is 11.0. The fourth-order valence-corrected chi connectivity index (χ4v) is 3.34. The van der Waals surface area contributed by atoms with Gasteiger partial charge < -0.3 is 5.32 Å². The van der Waals surface area contributed by atoms with Crippen LogP contribution < -0.4 is 5.32 Å². The van der Waals surface area contributed by atoms with Crippen LogP contribution in [0.5, 0.6) is 0 Å². The van der Waals surface area contributed by atoms with Gasteiger partial charge in [0.1, 0.15) is 5.82 Å². The van der Waals surface area contributed by atoms with Crippen molar-refractivity contribution in [1.29, 1.82) is 0 Å². The Morgan fingerprint density at radius 2 is 1.91 bits per heavy atom. The molecule has 23 heavy (non-hydrogen) atoms. The van der Waals surface area contributed by atoms with Gasteiger partial charge >= 0.3 is 0 Å². The third kappa shape index (κ3) is 4.99. The quantitative estimate of drug-likeness (QED) is 0.783. The number of Topliss-reactive ketones (excluding diaryl/α,β-unsaturated/α-hetero) is 1. The molecule has 0 spiro atoms. The Morgan fingerprint density at radius 3 is 2.57 bits per heavy atom. The Balaban J connectivity index is 1.74. The molecular formula is C18H20FNO2S. The maximum Gasteiger partial charge on any atom is 0.220 e. The summed E-state index contributed by atoms with van der Waals surface area (Å²) in [6, 6.07) is 8.38. The van der Waals surface area contributed by atoms with E-state index >= 15 is 0 Å². The number of hydrogen-bond acceptors (Lipinski definition) is 3. The lowest BCUT2D eigenvalue weighted by molar-refractivity contribution is -0.121. The van der Waals surface area contributed by atoms with Gasteiger partial charge in [0, 0.05) is 34.7 Å². The molecule has 0 radical (unpaired) electrons. The predicted octanol–water partition coefficient (Wildman–Crippen LogP) is 3.83. The number of carbonyl (C=O) groups is 2. The molecular weight excluding hydrogens is 313 g/mol. The molecule has 0 unspecified atom stereocenters. The lowest BCUT2D eigenvalue weighted by atomic mass is 10.1. The minimum absolute atomic E-state index is 0.00361. The van der Waals surface area contributed by atoms with Gasteiger partial charge in [-0.3, -0.25) is 9.59 Å². The summed E-state index contributed by atoms with van der Waals surface area (Å²) in [4.78, 5) is 26.0. The number of carbonyl (C=O) groups excluding carboxylic acids is 2. The minimum atomic E-state index is -0.264. The van der Waals surface area contributed by atoms with Crippen molar-refractivity contribution >= 4 is 23.0 Å². The number of hydrogen-bond donors (Lipinski definition) is 1. The molecule has 0 aliphatic rings. The number of halogens is 1. The molecule has 0 aliphatic heterocycles. The smallest absolute Gasteiger partial charge is 0.220 e. The Bertz CT molecular complexity index is 709. The van der Waals surface area contributed by atoms with Gasteiger partial charge in [0.05, 0.1) is 0 Å². The fraction of sp³-hybridized carbons (Fsp3) is 0.333. The highest BCUT2D eigenvalue weighted by Crippen LogP contribution is 2.22. The second-order valence-electron chi connectivity index (χ2n) is 5.44. The average Bonchev–Trinajstić information content (AvgIpc) is 2.85. The van der Waals surface area contributed by atoms with Gasteiger partial charge in [-0.25, -0.2) is 4.39 Å². The summed E-state index contributed by atoms with van der Waals surface area (Å²) in [6.07, 6.45) is 0.794. The highest BCUT2D eigenvalue weighted by atomic mass is 32.1. The molecule has 0 saturated heterocycles. The molecule has 122 valence electrons. The van der Waals surface area contributed by atoms with E-state index in [2.05, 4.69) is 5.32 Å². The van der Waals surface area contributed by atoms with E-state index in [1.54, 1.807) is 29.5 Å². The van der Waals surface area contributed by atoms with E-state index in [1.165, 1.54) is 6.07 Å². The van der Waals surface area contributed by atoms with Gasteiger partial charge in [-0.15, -0.1) is 11.3 Å². The van der Waals surface area contributed by atoms with E-state index in [4.69, 9.17) is 0 Å². The molecule has 1 amide bonds. The van der Waals surface area contributed by atoms with Gasteiger partial charge in [0.15, 0.2) is 5.78 Å². The zero-order chi connectivity index (χ0) is 16.8. The van der Waals surface area contributed by atoms with Crippen molar-refractivity contribution in [1.82, 2.24) is 5.32 Å². The highest BCUT2D eigenvalue weighted by Gasteiger charge is 2.13. The summed E-state index contributed by atoms with van der Waals surface area (Å²) in [6.45, 7) is 4.24. The first-order valence-corrected chi connectivity index (χ1v) is 8.39. The molecule has 0 saturated carbocycles. The van der Waals surface area contributed by atoms with Crippen LogP contribution in [0.25, 0.3) is 0 Å². The molecule has 0 aliphatic carbocycles. The van der Waals surface area contributed by atoms with Gasteiger partial charge in [-0.1, -0.05) is 18.2 Å². The minimum Gasteiger partial charge on any atom is -0.356 e. The van der Waals surface area contributed by atoms with Crippen molar-refractivity contribution in [2.45, 2.75) is 33.1 Å². The third-order valence-electron chi connectivity index (χ3n) is 3.59. The predicted molar refractivity (Wildman–Crippen MR) is 90.5 cm³/mol. The van der Waals surface area contributed by atoms with Crippen LogP contribution in [0.4, 0.5) is 4.39 Å². The summed E-state index contributed by atoms with van der Waals surface area (Å²) in [7, 11) is 0. The van der Waals surface area contributed by atoms with Crippen LogP contribution in [0, 0.1) is 19.7 Å². The molecule has 0 bridgehead atoms. The van der Waals surface area contributed by atoms with E-state index in [1.807, 2.05) is 19.9 Å². The van der Waals surface area contributed by atoms with E-state index in [-0.39, 0.29) is 30.3 Å². The van der Waals surface area contributed by atoms with Crippen LogP contribution in [0.2, 0.25) is 0 Å². The van der Waals surface area contributed by atoms with E-state index in [0.29, 0.717) is 24.1 Å². The van der Waals surface area contributed by atoms with Gasteiger partial charge in [0.2, 0.25) is 5.91 Å². The molecule has 5 heteroatoms. The summed E-state index contributed by atoms with van der Waals surface area (Å²) in [5, 5.41) is 2.73. The summed E-state index contributed by atoms with van der Waals surface area (Å²) in [5.74, 6) is -0.448. The number of amides is 1. The number of thiophene rings is 1. The van der Waals surface area contributed by atoms with Crippen LogP contribution in [-0.4, -0.2) is 18.2 Å². The van der Waals surface area contributed by atoms with Crippen LogP contribution in [-0.2, 0) is 11.2 Å². The van der Waals surface area contributed by atoms with Crippen LogP contribution in [0.15, 0.2) is 30.3 Å². The molecule has 1 aromatic heterocycles. The molecule has 0 fully saturated rings. The number of ketones is 1. The Kier molecular flexibility index (Phi) is 6.04. The van der Waals surface area contributed by atoms with Crippen molar-refractivity contribution < 1.29 is 14.0 Å². The average molecular weight is 333 g/mol. The highest BCUT2D eigenvalue weighted by molar-refractivity contribution is 7.12. The van der Waals surface area contributed by atoms with E-state index in [9.17, 15) is 14.0 Å². The number of nitrogens with one attached hydrogen (secondary N) is 1. The SMILES string of the molecule is Cc1cc(C(=O)CCC(=O)NCCc2ccccc2F)c(C)s1. The zero-order valence-corrected chi connectivity index (χ0v) is 14.1. The van der Waals surface area contributed by atoms with Gasteiger partial charge in [0.25, 0.3) is 0 Å². The van der Waals surface area contributed by atoms with Gasteiger partial charge in [-0.2, -0.15) is 0 Å². The Labute approximate surface area is 139 Å². The number of rotatable bonds is 7. The Morgan fingerprint density at radius 1 is 1.17 bits per heavy atom. The van der Waals surface area contributed by atoms with E-state index < -0.39 is 0 Å². The second kappa shape index (κ2) is 8.02. The van der Waals surface area contributed by atoms with Crippen LogP contribution >= 0.6 is 11.3 Å². The molecule has 2 aromatic rings. The number of benzene rings is 1. The van der Waals surface area contributed by atoms with Crippen molar-refractivity contribution in [3.8, 4) is 0 Å². The molecule has 1 N–H and O–H groups in total. The standard InChI is InChI=1S/C18H20FNO2S/c1-12-11-15(13(2)23-12)17(21)7-8-18(22)20-10-9-14-5-3-4-6-16(14)19/h3-6,11H,7-10H2,1-2H3,(H,20,22). The molecule has 1 aromatic carbocycles. The van der Waals surface area contributed by atoms with Crippen molar-refractivity contribution in [3.63, 3.8) is 0 Å². The first-order valence-electron chi connectivity index (χ1n) is 7.57. The third-order valence-corrected chi connectivity index (χ3v) is 4.56.